The number of nitrogens with zero attached hydrogens (tertiary/aromatic N) is 1. The van der Waals surface area contributed by atoms with Crippen molar-refractivity contribution in [1.29, 1.82) is 0 Å². The molecule has 1 aromatic rings. The summed E-state index contributed by atoms with van der Waals surface area (Å²) in [6.07, 6.45) is 0.915. The lowest BCUT2D eigenvalue weighted by atomic mass is 10.1. The molecule has 0 aromatic heterocycles. The number of likely N-dealkylation sites (N-methyl/N-ethyl adjacent to an activating group) is 1. The molecule has 2 rings (SSSR count). The molecule has 1 atom stereocenters. The predicted octanol–water partition coefficient (Wildman–Crippen LogP) is 1.00. The van der Waals surface area contributed by atoms with Crippen LogP contribution in [0.15, 0.2) is 18.2 Å². The first-order valence-electron chi connectivity index (χ1n) is 7.97. The largest absolute Gasteiger partial charge is 0.465 e. The number of piperidine rings is 1. The highest BCUT2D eigenvalue weighted by Crippen LogP contribution is 2.17. The van der Waals surface area contributed by atoms with Crippen LogP contribution in [0.25, 0.3) is 0 Å². The van der Waals surface area contributed by atoms with E-state index in [2.05, 4.69) is 20.1 Å². The summed E-state index contributed by atoms with van der Waals surface area (Å²) >= 11 is 0. The van der Waals surface area contributed by atoms with Gasteiger partial charge in [0.05, 0.1) is 25.3 Å². The fraction of sp³-hybridized carbons (Fsp3) is 0.412. The lowest BCUT2D eigenvalue weighted by Gasteiger charge is -2.30. The van der Waals surface area contributed by atoms with Gasteiger partial charge in [-0.15, -0.1) is 0 Å². The molecule has 140 valence electrons. The van der Waals surface area contributed by atoms with Gasteiger partial charge in [-0.2, -0.15) is 0 Å². The third-order valence-corrected chi connectivity index (χ3v) is 3.99. The maximum atomic E-state index is 12.2. The molecule has 1 aromatic carbocycles. The molecule has 0 unspecified atom stereocenters. The minimum absolute atomic E-state index is 0.0388. The van der Waals surface area contributed by atoms with Crippen molar-refractivity contribution in [2.45, 2.75) is 18.9 Å². The first kappa shape index (κ1) is 19.2. The fourth-order valence-corrected chi connectivity index (χ4v) is 2.65. The van der Waals surface area contributed by atoms with Gasteiger partial charge in [0.15, 0.2) is 0 Å². The average Bonchev–Trinajstić information content (AvgIpc) is 2.62. The monoisotopic (exact) mass is 363 g/mol. The van der Waals surface area contributed by atoms with Crippen molar-refractivity contribution >= 4 is 29.6 Å². The lowest BCUT2D eigenvalue weighted by Crippen LogP contribution is -2.49. The zero-order chi connectivity index (χ0) is 19.3. The highest BCUT2D eigenvalue weighted by Gasteiger charge is 2.24. The van der Waals surface area contributed by atoms with Crippen LogP contribution in [0.5, 0.6) is 0 Å². The van der Waals surface area contributed by atoms with E-state index < -0.39 is 18.0 Å². The number of carbonyl (C=O) groups excluding carboxylic acids is 4. The van der Waals surface area contributed by atoms with Gasteiger partial charge in [0.1, 0.15) is 0 Å². The Hall–Kier alpha value is -3.10. The minimum Gasteiger partial charge on any atom is -0.465 e. The Kier molecular flexibility index (Phi) is 6.16. The van der Waals surface area contributed by atoms with Crippen molar-refractivity contribution in [2.75, 3.05) is 33.1 Å². The molecule has 9 heteroatoms. The number of carbonyl (C=O) groups is 4. The summed E-state index contributed by atoms with van der Waals surface area (Å²) in [7, 11) is 4.11. The van der Waals surface area contributed by atoms with Crippen molar-refractivity contribution < 1.29 is 28.7 Å². The lowest BCUT2D eigenvalue weighted by molar-refractivity contribution is -0.132. The zero-order valence-electron chi connectivity index (χ0n) is 14.8. The summed E-state index contributed by atoms with van der Waals surface area (Å²) in [4.78, 5) is 48.8. The number of rotatable bonds is 4. The van der Waals surface area contributed by atoms with Crippen molar-refractivity contribution in [3.8, 4) is 0 Å². The number of hydrogen-bond acceptors (Lipinski definition) is 6. The molecule has 1 saturated heterocycles. The van der Waals surface area contributed by atoms with Crippen LogP contribution < -0.4 is 10.6 Å². The molecule has 0 spiro atoms. The Morgan fingerprint density at radius 1 is 1.08 bits per heavy atom. The smallest absolute Gasteiger partial charge is 0.337 e. The summed E-state index contributed by atoms with van der Waals surface area (Å²) in [6.45, 7) is 0.419. The third kappa shape index (κ3) is 4.71. The van der Waals surface area contributed by atoms with Crippen molar-refractivity contribution in [3.63, 3.8) is 0 Å². The Morgan fingerprint density at radius 3 is 2.15 bits per heavy atom. The van der Waals surface area contributed by atoms with E-state index in [0.29, 0.717) is 19.4 Å². The van der Waals surface area contributed by atoms with Crippen LogP contribution in [0.3, 0.4) is 0 Å². The summed E-state index contributed by atoms with van der Waals surface area (Å²) in [5.74, 6) is -1.25. The van der Waals surface area contributed by atoms with Crippen LogP contribution in [0.2, 0.25) is 0 Å². The van der Waals surface area contributed by atoms with E-state index in [9.17, 15) is 19.2 Å². The molecule has 26 heavy (non-hydrogen) atoms. The number of esters is 2. The minimum atomic E-state index is -0.647. The molecule has 3 amide bonds. The first-order chi connectivity index (χ1) is 12.3. The van der Waals surface area contributed by atoms with Gasteiger partial charge in [0, 0.05) is 31.7 Å². The van der Waals surface area contributed by atoms with E-state index in [1.165, 1.54) is 32.4 Å². The average molecular weight is 363 g/mol. The number of urea groups is 1. The van der Waals surface area contributed by atoms with Crippen LogP contribution >= 0.6 is 0 Å². The maximum Gasteiger partial charge on any atom is 0.337 e. The van der Waals surface area contributed by atoms with Gasteiger partial charge in [0.25, 0.3) is 0 Å². The van der Waals surface area contributed by atoms with Crippen LogP contribution in [-0.2, 0) is 14.3 Å². The number of methoxy groups -OCH3 is 2. The van der Waals surface area contributed by atoms with E-state index in [-0.39, 0.29) is 28.8 Å². The maximum absolute atomic E-state index is 12.2. The Morgan fingerprint density at radius 2 is 1.65 bits per heavy atom. The van der Waals surface area contributed by atoms with Gasteiger partial charge in [-0.3, -0.25) is 4.79 Å². The molecule has 0 radical (unpaired) electrons. The Labute approximate surface area is 150 Å². The van der Waals surface area contributed by atoms with E-state index in [4.69, 9.17) is 0 Å². The summed E-state index contributed by atoms with van der Waals surface area (Å²) in [5.41, 5.74) is 0.452. The molecule has 0 aliphatic carbocycles. The third-order valence-electron chi connectivity index (χ3n) is 3.99. The van der Waals surface area contributed by atoms with Crippen LogP contribution in [0.1, 0.15) is 33.6 Å². The van der Waals surface area contributed by atoms with Gasteiger partial charge < -0.3 is 25.0 Å². The zero-order valence-corrected chi connectivity index (χ0v) is 14.8. The second-order valence-electron chi connectivity index (χ2n) is 5.89. The molecule has 1 fully saturated rings. The normalized spacial score (nSPS) is 16.7. The van der Waals surface area contributed by atoms with Gasteiger partial charge in [0.2, 0.25) is 5.91 Å². The van der Waals surface area contributed by atoms with Crippen LogP contribution in [0, 0.1) is 0 Å². The van der Waals surface area contributed by atoms with Crippen LogP contribution in [0.4, 0.5) is 10.5 Å². The summed E-state index contributed by atoms with van der Waals surface area (Å²) in [5, 5.41) is 5.35. The highest BCUT2D eigenvalue weighted by molar-refractivity contribution is 5.99. The molecule has 1 aliphatic rings. The summed E-state index contributed by atoms with van der Waals surface area (Å²) in [6, 6.07) is 3.43. The number of nitrogens with one attached hydrogen (secondary N) is 2. The van der Waals surface area contributed by atoms with Crippen molar-refractivity contribution in [3.05, 3.63) is 29.3 Å². The van der Waals surface area contributed by atoms with E-state index in [1.54, 1.807) is 11.9 Å². The number of ether oxygens (including phenoxy) is 2. The van der Waals surface area contributed by atoms with Gasteiger partial charge >= 0.3 is 18.0 Å². The van der Waals surface area contributed by atoms with E-state index >= 15 is 0 Å². The predicted molar refractivity (Wildman–Crippen MR) is 91.9 cm³/mol. The number of hydrogen-bond donors (Lipinski definition) is 2. The molecule has 1 heterocycles. The van der Waals surface area contributed by atoms with Gasteiger partial charge in [-0.25, -0.2) is 14.4 Å². The highest BCUT2D eigenvalue weighted by atomic mass is 16.5. The number of benzene rings is 1. The second-order valence-corrected chi connectivity index (χ2v) is 5.89. The molecular formula is C17H21N3O6. The Bertz CT molecular complexity index is 699. The molecule has 1 aliphatic heterocycles. The number of likely N-dealkylation sites (tertiary alicyclic amines) is 1. The van der Waals surface area contributed by atoms with Gasteiger partial charge in [-0.05, 0) is 24.6 Å². The van der Waals surface area contributed by atoms with E-state index in [1.807, 2.05) is 0 Å². The molecular weight excluding hydrogens is 342 g/mol. The van der Waals surface area contributed by atoms with Crippen molar-refractivity contribution in [2.24, 2.45) is 0 Å². The second kappa shape index (κ2) is 8.32. The SMILES string of the molecule is COC(=O)c1cc(NC(=O)N[C@H]2CCC(=O)N(C)C2)cc(C(=O)OC)c1. The van der Waals surface area contributed by atoms with E-state index in [0.717, 1.165) is 0 Å². The topological polar surface area (TPSA) is 114 Å². The molecule has 2 N–H and O–H groups in total. The quantitative estimate of drug-likeness (QED) is 0.772. The molecule has 0 saturated carbocycles. The van der Waals surface area contributed by atoms with Crippen molar-refractivity contribution in [1.82, 2.24) is 10.2 Å². The number of amides is 3. The molecule has 9 nitrogen and oxygen atoms in total. The first-order valence-corrected chi connectivity index (χ1v) is 7.97. The van der Waals surface area contributed by atoms with Gasteiger partial charge in [-0.1, -0.05) is 0 Å². The Balaban J connectivity index is 2.11. The summed E-state index contributed by atoms with van der Waals surface area (Å²) < 4.78 is 9.30. The van der Waals surface area contributed by atoms with Crippen LogP contribution in [-0.4, -0.2) is 62.6 Å². The fourth-order valence-electron chi connectivity index (χ4n) is 2.65. The number of anilines is 1. The molecule has 0 bridgehead atoms. The standard InChI is InChI=1S/C17H21N3O6/c1-20-9-12(4-5-14(20)21)18-17(24)19-13-7-10(15(22)25-2)6-11(8-13)16(23)26-3/h6-8,12H,4-5,9H2,1-3H3,(H2,18,19,24)/t12-/m0/s1.